The minimum absolute atomic E-state index is 0.115. The summed E-state index contributed by atoms with van der Waals surface area (Å²) in [6.45, 7) is 4.71. The fourth-order valence-electron chi connectivity index (χ4n) is 5.05. The van der Waals surface area contributed by atoms with Gasteiger partial charge in [0.2, 0.25) is 5.91 Å². The second-order valence-electron chi connectivity index (χ2n) is 8.98. The summed E-state index contributed by atoms with van der Waals surface area (Å²) in [5.41, 5.74) is 2.14. The zero-order valence-corrected chi connectivity index (χ0v) is 19.3. The van der Waals surface area contributed by atoms with Crippen molar-refractivity contribution in [1.29, 1.82) is 0 Å². The highest BCUT2D eigenvalue weighted by Crippen LogP contribution is 2.38. The van der Waals surface area contributed by atoms with Crippen LogP contribution in [0.25, 0.3) is 0 Å². The molecule has 0 aromatic heterocycles. The summed E-state index contributed by atoms with van der Waals surface area (Å²) in [6, 6.07) is 12.4. The number of fused-ring (bicyclic) bond motifs is 1. The minimum atomic E-state index is -0.668. The van der Waals surface area contributed by atoms with Crippen molar-refractivity contribution in [3.8, 4) is 11.5 Å². The number of nitrogens with zero attached hydrogens (tertiary/aromatic N) is 1. The number of carbonyl (C=O) groups excluding carboxylic acids is 2. The van der Waals surface area contributed by atoms with Crippen molar-refractivity contribution in [3.63, 3.8) is 0 Å². The number of amides is 2. The molecule has 0 bridgehead atoms. The van der Waals surface area contributed by atoms with Gasteiger partial charge in [-0.15, -0.1) is 0 Å². The van der Waals surface area contributed by atoms with Gasteiger partial charge in [0.05, 0.1) is 20.8 Å². The van der Waals surface area contributed by atoms with Crippen LogP contribution in [0, 0.1) is 11.8 Å². The molecule has 1 aliphatic heterocycles. The SMILES string of the molecule is COc1ccc(OC)c(CN2C(=O)c3ccccc3[C@@H]2C(=O)N[C@@H]2CCC[C@@H](C)[C@@H]2C)c1. The fourth-order valence-corrected chi connectivity index (χ4v) is 5.05. The zero-order chi connectivity index (χ0) is 22.8. The van der Waals surface area contributed by atoms with Crippen molar-refractivity contribution < 1.29 is 19.1 Å². The van der Waals surface area contributed by atoms with Gasteiger partial charge in [0.1, 0.15) is 17.5 Å². The molecule has 2 aliphatic rings. The summed E-state index contributed by atoms with van der Waals surface area (Å²) >= 11 is 0. The molecule has 2 aromatic rings. The molecule has 1 fully saturated rings. The van der Waals surface area contributed by atoms with Gasteiger partial charge in [-0.05, 0) is 48.1 Å². The first kappa shape index (κ1) is 22.2. The number of hydrogen-bond acceptors (Lipinski definition) is 4. The molecule has 6 heteroatoms. The van der Waals surface area contributed by atoms with Crippen molar-refractivity contribution >= 4 is 11.8 Å². The van der Waals surface area contributed by atoms with Gasteiger partial charge in [-0.3, -0.25) is 9.59 Å². The summed E-state index contributed by atoms with van der Waals surface area (Å²) in [5.74, 6) is 2.06. The lowest BCUT2D eigenvalue weighted by Crippen LogP contribution is -2.48. The monoisotopic (exact) mass is 436 g/mol. The Morgan fingerprint density at radius 3 is 2.62 bits per heavy atom. The molecule has 2 amide bonds. The van der Waals surface area contributed by atoms with Crippen LogP contribution in [0.2, 0.25) is 0 Å². The van der Waals surface area contributed by atoms with Gasteiger partial charge in [0.25, 0.3) is 5.91 Å². The Bertz CT molecular complexity index is 1010. The molecule has 0 spiro atoms. The fraction of sp³-hybridized carbons (Fsp3) is 0.462. The van der Waals surface area contributed by atoms with E-state index in [1.54, 1.807) is 25.2 Å². The van der Waals surface area contributed by atoms with Gasteiger partial charge < -0.3 is 19.7 Å². The third kappa shape index (κ3) is 4.06. The normalized spacial score (nSPS) is 24.8. The van der Waals surface area contributed by atoms with Crippen LogP contribution in [0.15, 0.2) is 42.5 Å². The van der Waals surface area contributed by atoms with Gasteiger partial charge in [-0.1, -0.05) is 44.9 Å². The molecule has 32 heavy (non-hydrogen) atoms. The van der Waals surface area contributed by atoms with Crippen LogP contribution in [-0.2, 0) is 11.3 Å². The highest BCUT2D eigenvalue weighted by Gasteiger charge is 2.42. The van der Waals surface area contributed by atoms with Gasteiger partial charge in [0.15, 0.2) is 0 Å². The van der Waals surface area contributed by atoms with E-state index in [1.807, 2.05) is 36.4 Å². The van der Waals surface area contributed by atoms with E-state index in [0.717, 1.165) is 24.0 Å². The first-order valence-corrected chi connectivity index (χ1v) is 11.4. The molecule has 170 valence electrons. The number of rotatable bonds is 6. The van der Waals surface area contributed by atoms with E-state index >= 15 is 0 Å². The van der Waals surface area contributed by atoms with Crippen LogP contribution < -0.4 is 14.8 Å². The molecule has 0 unspecified atom stereocenters. The number of methoxy groups -OCH3 is 2. The lowest BCUT2D eigenvalue weighted by molar-refractivity contribution is -0.127. The van der Waals surface area contributed by atoms with E-state index in [9.17, 15) is 9.59 Å². The van der Waals surface area contributed by atoms with Crippen molar-refractivity contribution in [1.82, 2.24) is 10.2 Å². The summed E-state index contributed by atoms with van der Waals surface area (Å²) in [5, 5.41) is 3.28. The molecular weight excluding hydrogens is 404 g/mol. The topological polar surface area (TPSA) is 67.9 Å². The largest absolute Gasteiger partial charge is 0.497 e. The maximum atomic E-state index is 13.6. The van der Waals surface area contributed by atoms with Crippen molar-refractivity contribution in [2.75, 3.05) is 14.2 Å². The molecular formula is C26H32N2O4. The predicted molar refractivity (Wildman–Crippen MR) is 123 cm³/mol. The Hall–Kier alpha value is -3.02. The molecule has 4 rings (SSSR count). The Balaban J connectivity index is 1.65. The van der Waals surface area contributed by atoms with Gasteiger partial charge in [-0.2, -0.15) is 0 Å². The van der Waals surface area contributed by atoms with Gasteiger partial charge >= 0.3 is 0 Å². The van der Waals surface area contributed by atoms with E-state index in [-0.39, 0.29) is 24.4 Å². The summed E-state index contributed by atoms with van der Waals surface area (Å²) < 4.78 is 10.9. The molecule has 0 saturated heterocycles. The Labute approximate surface area is 189 Å². The zero-order valence-electron chi connectivity index (χ0n) is 19.3. The lowest BCUT2D eigenvalue weighted by Gasteiger charge is -2.36. The second kappa shape index (κ2) is 9.23. The average Bonchev–Trinajstić information content (AvgIpc) is 3.08. The van der Waals surface area contributed by atoms with Crippen molar-refractivity contribution in [3.05, 3.63) is 59.2 Å². The van der Waals surface area contributed by atoms with E-state index in [2.05, 4.69) is 19.2 Å². The summed E-state index contributed by atoms with van der Waals surface area (Å²) in [6.07, 6.45) is 3.28. The maximum Gasteiger partial charge on any atom is 0.255 e. The standard InChI is InChI=1S/C26H32N2O4/c1-16-8-7-11-22(17(16)2)27-25(29)24-20-9-5-6-10-21(20)26(30)28(24)15-18-14-19(31-3)12-13-23(18)32-4/h5-6,9-10,12-14,16-17,22,24H,7-8,11,15H2,1-4H3,(H,27,29)/t16-,17+,22-,24-/m1/s1. The molecule has 2 aromatic carbocycles. The third-order valence-electron chi connectivity index (χ3n) is 7.17. The van der Waals surface area contributed by atoms with Crippen molar-refractivity contribution in [2.45, 2.75) is 51.7 Å². The predicted octanol–water partition coefficient (Wildman–Crippen LogP) is 4.34. The number of nitrogens with one attached hydrogen (secondary N) is 1. The molecule has 1 N–H and O–H groups in total. The smallest absolute Gasteiger partial charge is 0.255 e. The van der Waals surface area contributed by atoms with Gasteiger partial charge in [-0.25, -0.2) is 0 Å². The van der Waals surface area contributed by atoms with E-state index in [1.165, 1.54) is 6.42 Å². The number of hydrogen-bond donors (Lipinski definition) is 1. The molecule has 1 aliphatic carbocycles. The molecule has 0 radical (unpaired) electrons. The Morgan fingerprint density at radius 1 is 1.09 bits per heavy atom. The quantitative estimate of drug-likeness (QED) is 0.731. The first-order chi connectivity index (χ1) is 15.4. The Morgan fingerprint density at radius 2 is 1.88 bits per heavy atom. The van der Waals surface area contributed by atoms with Crippen molar-refractivity contribution in [2.24, 2.45) is 11.8 Å². The second-order valence-corrected chi connectivity index (χ2v) is 8.98. The average molecular weight is 437 g/mol. The molecule has 6 nitrogen and oxygen atoms in total. The first-order valence-electron chi connectivity index (χ1n) is 11.4. The number of ether oxygens (including phenoxy) is 2. The van der Waals surface area contributed by atoms with Crippen LogP contribution in [0.1, 0.15) is 60.6 Å². The van der Waals surface area contributed by atoms with Crippen LogP contribution in [0.3, 0.4) is 0 Å². The maximum absolute atomic E-state index is 13.6. The molecule has 4 atom stereocenters. The number of benzene rings is 2. The van der Waals surface area contributed by atoms with Crippen LogP contribution in [-0.4, -0.2) is 37.0 Å². The van der Waals surface area contributed by atoms with Gasteiger partial charge in [0, 0.05) is 17.2 Å². The van der Waals surface area contributed by atoms with Crippen LogP contribution >= 0.6 is 0 Å². The minimum Gasteiger partial charge on any atom is -0.497 e. The van der Waals surface area contributed by atoms with E-state index in [0.29, 0.717) is 28.9 Å². The lowest BCUT2D eigenvalue weighted by atomic mass is 9.78. The highest BCUT2D eigenvalue weighted by atomic mass is 16.5. The number of carbonyl (C=O) groups is 2. The van der Waals surface area contributed by atoms with E-state index < -0.39 is 6.04 Å². The van der Waals surface area contributed by atoms with Crippen LogP contribution in [0.5, 0.6) is 11.5 Å². The third-order valence-corrected chi connectivity index (χ3v) is 7.17. The van der Waals surface area contributed by atoms with Crippen LogP contribution in [0.4, 0.5) is 0 Å². The summed E-state index contributed by atoms with van der Waals surface area (Å²) in [7, 11) is 3.20. The summed E-state index contributed by atoms with van der Waals surface area (Å²) in [4.78, 5) is 28.6. The van der Waals surface area contributed by atoms with E-state index in [4.69, 9.17) is 9.47 Å². The molecule has 1 saturated carbocycles. The highest BCUT2D eigenvalue weighted by molar-refractivity contribution is 6.04. The Kier molecular flexibility index (Phi) is 6.40. The molecule has 1 heterocycles.